The number of urea groups is 1. The Kier molecular flexibility index (Phi) is 5.73. The highest BCUT2D eigenvalue weighted by molar-refractivity contribution is 6.30. The van der Waals surface area contributed by atoms with Crippen LogP contribution in [0, 0.1) is 5.92 Å². The van der Waals surface area contributed by atoms with Crippen molar-refractivity contribution in [3.05, 3.63) is 52.8 Å². The Bertz CT molecular complexity index is 807. The summed E-state index contributed by atoms with van der Waals surface area (Å²) in [5.74, 6) is 1.09. The molecule has 1 aliphatic heterocycles. The van der Waals surface area contributed by atoms with Crippen LogP contribution in [0.15, 0.2) is 42.2 Å². The fourth-order valence-corrected chi connectivity index (χ4v) is 3.13. The van der Waals surface area contributed by atoms with Gasteiger partial charge in [0.1, 0.15) is 0 Å². The van der Waals surface area contributed by atoms with Gasteiger partial charge in [0.15, 0.2) is 5.82 Å². The molecule has 0 saturated carbocycles. The molecule has 26 heavy (non-hydrogen) atoms. The lowest BCUT2D eigenvalue weighted by Gasteiger charge is -2.33. The van der Waals surface area contributed by atoms with E-state index < -0.39 is 0 Å². The molecule has 1 fully saturated rings. The highest BCUT2D eigenvalue weighted by Crippen LogP contribution is 2.26. The maximum atomic E-state index is 12.5. The second-order valence-electron chi connectivity index (χ2n) is 6.25. The highest BCUT2D eigenvalue weighted by Gasteiger charge is 2.24. The van der Waals surface area contributed by atoms with E-state index in [-0.39, 0.29) is 11.9 Å². The third kappa shape index (κ3) is 4.52. The first-order valence-electron chi connectivity index (χ1n) is 8.43. The molecule has 6 nitrogen and oxygen atoms in total. The number of halogens is 1. The second kappa shape index (κ2) is 8.19. The Morgan fingerprint density at radius 3 is 2.88 bits per heavy atom. The molecule has 0 aliphatic carbocycles. The molecule has 1 aromatic heterocycles. The Hall–Kier alpha value is -2.60. The highest BCUT2D eigenvalue weighted by atomic mass is 35.5. The number of methoxy groups -OCH3 is 1. The number of benzene rings is 1. The van der Waals surface area contributed by atoms with E-state index in [1.165, 1.54) is 25.1 Å². The first-order chi connectivity index (χ1) is 12.5. The number of aromatic nitrogens is 2. The molecule has 3 rings (SSSR count). The summed E-state index contributed by atoms with van der Waals surface area (Å²) in [5.41, 5.74) is 2.41. The smallest absolute Gasteiger partial charge is 0.323 e. The van der Waals surface area contributed by atoms with E-state index in [1.807, 2.05) is 24.3 Å². The zero-order valence-corrected chi connectivity index (χ0v) is 15.5. The van der Waals surface area contributed by atoms with Crippen molar-refractivity contribution in [2.24, 2.45) is 5.92 Å². The average Bonchev–Trinajstić information content (AvgIpc) is 2.64. The summed E-state index contributed by atoms with van der Waals surface area (Å²) in [6.07, 6.45) is 5.95. The molecule has 2 amide bonds. The Morgan fingerprint density at radius 1 is 1.38 bits per heavy atom. The molecule has 7 heteroatoms. The molecule has 136 valence electrons. The lowest BCUT2D eigenvalue weighted by molar-refractivity contribution is 0.197. The van der Waals surface area contributed by atoms with Crippen LogP contribution in [-0.4, -0.2) is 41.1 Å². The predicted molar refractivity (Wildman–Crippen MR) is 102 cm³/mol. The molecule has 1 unspecified atom stereocenters. The van der Waals surface area contributed by atoms with Crippen molar-refractivity contribution >= 4 is 29.5 Å². The summed E-state index contributed by atoms with van der Waals surface area (Å²) in [6, 6.07) is 7.62. The summed E-state index contributed by atoms with van der Waals surface area (Å²) < 4.78 is 4.96. The van der Waals surface area contributed by atoms with Crippen molar-refractivity contribution in [3.8, 4) is 5.88 Å². The minimum absolute atomic E-state index is 0.168. The number of ether oxygens (including phenoxy) is 1. The van der Waals surface area contributed by atoms with Gasteiger partial charge in [-0.3, -0.25) is 5.32 Å². The predicted octanol–water partition coefficient (Wildman–Crippen LogP) is 4.10. The Morgan fingerprint density at radius 2 is 2.23 bits per heavy atom. The van der Waals surface area contributed by atoms with E-state index in [0.29, 0.717) is 24.8 Å². The van der Waals surface area contributed by atoms with Crippen molar-refractivity contribution in [2.45, 2.75) is 13.3 Å². The lowest BCUT2D eigenvalue weighted by atomic mass is 9.91. The first-order valence-corrected chi connectivity index (χ1v) is 8.81. The van der Waals surface area contributed by atoms with Crippen LogP contribution in [0.25, 0.3) is 6.08 Å². The van der Waals surface area contributed by atoms with E-state index in [0.717, 1.165) is 17.0 Å². The minimum Gasteiger partial charge on any atom is -0.480 e. The normalized spacial score (nSPS) is 18.7. The summed E-state index contributed by atoms with van der Waals surface area (Å²) in [7, 11) is 1.52. The first kappa shape index (κ1) is 18.2. The van der Waals surface area contributed by atoms with Gasteiger partial charge in [-0.2, -0.15) is 0 Å². The molecular weight excluding hydrogens is 352 g/mol. The monoisotopic (exact) mass is 372 g/mol. The Labute approximate surface area is 157 Å². The van der Waals surface area contributed by atoms with Gasteiger partial charge in [-0.1, -0.05) is 42.3 Å². The molecule has 0 bridgehead atoms. The average molecular weight is 373 g/mol. The minimum atomic E-state index is -0.168. The SMILES string of the molecule is COc1cnc(NC(=O)N2CCC(=Cc3cccc(Cl)c3)C(C)C2)cn1. The van der Waals surface area contributed by atoms with Gasteiger partial charge >= 0.3 is 6.03 Å². The van der Waals surface area contributed by atoms with Crippen molar-refractivity contribution in [3.63, 3.8) is 0 Å². The molecule has 2 heterocycles. The van der Waals surface area contributed by atoms with E-state index in [1.54, 1.807) is 4.90 Å². The summed E-state index contributed by atoms with van der Waals surface area (Å²) in [4.78, 5) is 22.4. The number of amides is 2. The van der Waals surface area contributed by atoms with Gasteiger partial charge < -0.3 is 9.64 Å². The number of anilines is 1. The number of nitrogens with zero attached hydrogens (tertiary/aromatic N) is 3. The molecule has 1 atom stereocenters. The van der Waals surface area contributed by atoms with Gasteiger partial charge in [-0.25, -0.2) is 14.8 Å². The van der Waals surface area contributed by atoms with Gasteiger partial charge in [-0.05, 0) is 30.0 Å². The maximum absolute atomic E-state index is 12.5. The zero-order valence-electron chi connectivity index (χ0n) is 14.8. The van der Waals surface area contributed by atoms with E-state index in [4.69, 9.17) is 16.3 Å². The molecule has 1 aromatic carbocycles. The van der Waals surface area contributed by atoms with Gasteiger partial charge in [0.25, 0.3) is 0 Å². The summed E-state index contributed by atoms with van der Waals surface area (Å²) in [5, 5.41) is 3.50. The van der Waals surface area contributed by atoms with E-state index in [9.17, 15) is 4.79 Å². The van der Waals surface area contributed by atoms with Gasteiger partial charge in [0, 0.05) is 18.1 Å². The van der Waals surface area contributed by atoms with Crippen LogP contribution < -0.4 is 10.1 Å². The largest absolute Gasteiger partial charge is 0.480 e. The zero-order chi connectivity index (χ0) is 18.5. The molecule has 2 aromatic rings. The number of hydrogen-bond donors (Lipinski definition) is 1. The fourth-order valence-electron chi connectivity index (χ4n) is 2.93. The number of piperidine rings is 1. The topological polar surface area (TPSA) is 67.3 Å². The van der Waals surface area contributed by atoms with Gasteiger partial charge in [-0.15, -0.1) is 0 Å². The molecule has 0 radical (unpaired) electrons. The van der Waals surface area contributed by atoms with E-state index >= 15 is 0 Å². The number of carbonyl (C=O) groups excluding carboxylic acids is 1. The van der Waals surface area contributed by atoms with Crippen LogP contribution >= 0.6 is 11.6 Å². The number of likely N-dealkylation sites (tertiary alicyclic amines) is 1. The van der Waals surface area contributed by atoms with Crippen LogP contribution in [-0.2, 0) is 0 Å². The standard InChI is InChI=1S/C19H21ClN4O2/c1-13-12-24(19(25)23-17-10-22-18(26-2)11-21-17)7-6-15(13)8-14-4-3-5-16(20)9-14/h3-5,8-11,13H,6-7,12H2,1-2H3,(H,21,23,25). The quantitative estimate of drug-likeness (QED) is 0.880. The van der Waals surface area contributed by atoms with Crippen LogP contribution in [0.4, 0.5) is 10.6 Å². The molecule has 1 aliphatic rings. The molecule has 1 N–H and O–H groups in total. The van der Waals surface area contributed by atoms with Crippen LogP contribution in [0.2, 0.25) is 5.02 Å². The van der Waals surface area contributed by atoms with Crippen molar-refractivity contribution in [2.75, 3.05) is 25.5 Å². The van der Waals surface area contributed by atoms with Crippen LogP contribution in [0.5, 0.6) is 5.88 Å². The van der Waals surface area contributed by atoms with Crippen LogP contribution in [0.1, 0.15) is 18.9 Å². The molecular formula is C19H21ClN4O2. The van der Waals surface area contributed by atoms with Gasteiger partial charge in [0.05, 0.1) is 19.5 Å². The van der Waals surface area contributed by atoms with Crippen molar-refractivity contribution < 1.29 is 9.53 Å². The second-order valence-corrected chi connectivity index (χ2v) is 6.68. The molecule has 0 spiro atoms. The lowest BCUT2D eigenvalue weighted by Crippen LogP contribution is -2.42. The fraction of sp³-hybridized carbons (Fsp3) is 0.316. The number of hydrogen-bond acceptors (Lipinski definition) is 4. The number of nitrogens with one attached hydrogen (secondary N) is 1. The Balaban J connectivity index is 1.61. The van der Waals surface area contributed by atoms with Crippen molar-refractivity contribution in [1.29, 1.82) is 0 Å². The maximum Gasteiger partial charge on any atom is 0.323 e. The van der Waals surface area contributed by atoms with Crippen molar-refractivity contribution in [1.82, 2.24) is 14.9 Å². The number of rotatable bonds is 3. The summed E-state index contributed by atoms with van der Waals surface area (Å²) >= 11 is 6.05. The number of carbonyl (C=O) groups is 1. The van der Waals surface area contributed by atoms with E-state index in [2.05, 4.69) is 28.3 Å². The van der Waals surface area contributed by atoms with Crippen LogP contribution in [0.3, 0.4) is 0 Å². The summed E-state index contributed by atoms with van der Waals surface area (Å²) in [6.45, 7) is 3.44. The van der Waals surface area contributed by atoms with Gasteiger partial charge in [0.2, 0.25) is 5.88 Å². The third-order valence-corrected chi connectivity index (χ3v) is 4.59. The molecule has 1 saturated heterocycles. The third-order valence-electron chi connectivity index (χ3n) is 4.36.